The Morgan fingerprint density at radius 2 is 2.14 bits per heavy atom. The van der Waals surface area contributed by atoms with E-state index in [4.69, 9.17) is 5.11 Å². The first-order chi connectivity index (χ1) is 10.0. The summed E-state index contributed by atoms with van der Waals surface area (Å²) >= 11 is 5.01. The van der Waals surface area contributed by atoms with Crippen LogP contribution < -0.4 is 10.6 Å². The summed E-state index contributed by atoms with van der Waals surface area (Å²) in [5, 5.41) is 16.3. The summed E-state index contributed by atoms with van der Waals surface area (Å²) in [6, 6.07) is 1.76. The largest absolute Gasteiger partial charge is 0.481 e. The van der Waals surface area contributed by atoms with Gasteiger partial charge in [-0.3, -0.25) is 4.79 Å². The van der Waals surface area contributed by atoms with Crippen molar-refractivity contribution in [3.8, 4) is 0 Å². The third-order valence-electron chi connectivity index (χ3n) is 3.28. The van der Waals surface area contributed by atoms with Crippen LogP contribution in [0.1, 0.15) is 37.5 Å². The van der Waals surface area contributed by atoms with Crippen LogP contribution in [0.5, 0.6) is 0 Å². The van der Waals surface area contributed by atoms with Crippen molar-refractivity contribution in [2.75, 3.05) is 6.54 Å². The van der Waals surface area contributed by atoms with Crippen LogP contribution in [-0.4, -0.2) is 23.7 Å². The van der Waals surface area contributed by atoms with Gasteiger partial charge in [0.25, 0.3) is 0 Å². The number of amides is 2. The van der Waals surface area contributed by atoms with Crippen LogP contribution in [0.3, 0.4) is 0 Å². The zero-order chi connectivity index (χ0) is 15.7. The first-order valence-electron chi connectivity index (χ1n) is 6.98. The van der Waals surface area contributed by atoms with E-state index in [1.54, 1.807) is 11.3 Å². The number of carbonyl (C=O) groups excluding carboxylic acids is 1. The molecule has 0 radical (unpaired) electrons. The Hall–Kier alpha value is -1.08. The van der Waals surface area contributed by atoms with Crippen molar-refractivity contribution in [3.05, 3.63) is 20.8 Å². The van der Waals surface area contributed by atoms with Gasteiger partial charge in [-0.1, -0.05) is 13.3 Å². The van der Waals surface area contributed by atoms with Crippen molar-refractivity contribution in [2.24, 2.45) is 5.92 Å². The van der Waals surface area contributed by atoms with Gasteiger partial charge in [0.2, 0.25) is 0 Å². The van der Waals surface area contributed by atoms with E-state index in [2.05, 4.69) is 26.6 Å². The lowest BCUT2D eigenvalue weighted by molar-refractivity contribution is -0.137. The first-order valence-corrected chi connectivity index (χ1v) is 8.65. The van der Waals surface area contributed by atoms with E-state index in [0.717, 1.165) is 22.2 Å². The number of rotatable bonds is 9. The second kappa shape index (κ2) is 9.78. The van der Waals surface area contributed by atoms with Gasteiger partial charge < -0.3 is 15.7 Å². The van der Waals surface area contributed by atoms with E-state index in [-0.39, 0.29) is 12.5 Å². The van der Waals surface area contributed by atoms with Crippen LogP contribution >= 0.6 is 27.3 Å². The average Bonchev–Trinajstić information content (AvgIpc) is 2.85. The Kier molecular flexibility index (Phi) is 8.37. The molecule has 0 bridgehead atoms. The van der Waals surface area contributed by atoms with Crippen LogP contribution in [0.4, 0.5) is 4.79 Å². The fourth-order valence-electron chi connectivity index (χ4n) is 1.94. The van der Waals surface area contributed by atoms with Gasteiger partial charge in [0.05, 0.1) is 6.54 Å². The minimum Gasteiger partial charge on any atom is -0.481 e. The van der Waals surface area contributed by atoms with Crippen molar-refractivity contribution < 1.29 is 14.7 Å². The van der Waals surface area contributed by atoms with Crippen molar-refractivity contribution in [3.63, 3.8) is 0 Å². The first kappa shape index (κ1) is 18.0. The molecule has 1 heterocycles. The predicted molar refractivity (Wildman–Crippen MR) is 87.5 cm³/mol. The molecular formula is C14H21BrN2O3S. The summed E-state index contributed by atoms with van der Waals surface area (Å²) in [5.41, 5.74) is 0. The van der Waals surface area contributed by atoms with Crippen LogP contribution in [0.2, 0.25) is 0 Å². The van der Waals surface area contributed by atoms with E-state index in [1.165, 1.54) is 0 Å². The zero-order valence-corrected chi connectivity index (χ0v) is 14.4. The highest BCUT2D eigenvalue weighted by Crippen LogP contribution is 2.22. The molecule has 0 aromatic carbocycles. The minimum atomic E-state index is -0.763. The highest BCUT2D eigenvalue weighted by molar-refractivity contribution is 9.10. The summed E-state index contributed by atoms with van der Waals surface area (Å²) in [6.07, 6.45) is 2.59. The Morgan fingerprint density at radius 3 is 2.71 bits per heavy atom. The third-order valence-corrected chi connectivity index (χ3v) is 5.21. The zero-order valence-electron chi connectivity index (χ0n) is 12.0. The quantitative estimate of drug-likeness (QED) is 0.615. The lowest BCUT2D eigenvalue weighted by atomic mass is 9.97. The molecule has 0 aliphatic heterocycles. The standard InChI is InChI=1S/C14H21BrN2O3S/c1-2-10(3-4-13(18)19)5-7-16-14(20)17-9-12-11(15)6-8-21-12/h6,8,10H,2-5,7,9H2,1H3,(H,18,19)(H2,16,17,20). The summed E-state index contributed by atoms with van der Waals surface area (Å²) < 4.78 is 1.01. The fourth-order valence-corrected chi connectivity index (χ4v) is 3.38. The van der Waals surface area contributed by atoms with E-state index in [1.807, 2.05) is 18.4 Å². The molecule has 0 spiro atoms. The lowest BCUT2D eigenvalue weighted by Gasteiger charge is -2.14. The number of aliphatic carboxylic acids is 1. The maximum absolute atomic E-state index is 11.7. The van der Waals surface area contributed by atoms with Gasteiger partial charge in [0.1, 0.15) is 0 Å². The number of carbonyl (C=O) groups is 2. The number of thiophene rings is 1. The summed E-state index contributed by atoms with van der Waals surface area (Å²) in [4.78, 5) is 23.3. The number of nitrogens with one attached hydrogen (secondary N) is 2. The van der Waals surface area contributed by atoms with Gasteiger partial charge >= 0.3 is 12.0 Å². The van der Waals surface area contributed by atoms with Gasteiger partial charge in [-0.15, -0.1) is 11.3 Å². The van der Waals surface area contributed by atoms with Crippen LogP contribution in [0.25, 0.3) is 0 Å². The molecule has 2 amide bonds. The molecule has 3 N–H and O–H groups in total. The van der Waals surface area contributed by atoms with E-state index in [0.29, 0.717) is 25.4 Å². The lowest BCUT2D eigenvalue weighted by Crippen LogP contribution is -2.36. The minimum absolute atomic E-state index is 0.191. The number of carboxylic acid groups (broad SMARTS) is 1. The average molecular weight is 377 g/mol. The van der Waals surface area contributed by atoms with Crippen molar-refractivity contribution in [2.45, 2.75) is 39.2 Å². The summed E-state index contributed by atoms with van der Waals surface area (Å²) in [7, 11) is 0. The fraction of sp³-hybridized carbons (Fsp3) is 0.571. The molecule has 1 unspecified atom stereocenters. The van der Waals surface area contributed by atoms with E-state index < -0.39 is 5.97 Å². The SMILES string of the molecule is CCC(CCNC(=O)NCc1sccc1Br)CCC(=O)O. The van der Waals surface area contributed by atoms with Gasteiger partial charge in [-0.25, -0.2) is 4.79 Å². The molecule has 0 aliphatic carbocycles. The molecule has 1 rings (SSSR count). The smallest absolute Gasteiger partial charge is 0.315 e. The van der Waals surface area contributed by atoms with Crippen LogP contribution in [-0.2, 0) is 11.3 Å². The molecule has 1 atom stereocenters. The highest BCUT2D eigenvalue weighted by atomic mass is 79.9. The van der Waals surface area contributed by atoms with Crippen molar-refractivity contribution in [1.29, 1.82) is 0 Å². The Morgan fingerprint density at radius 1 is 1.38 bits per heavy atom. The highest BCUT2D eigenvalue weighted by Gasteiger charge is 2.10. The van der Waals surface area contributed by atoms with Crippen LogP contribution in [0, 0.1) is 5.92 Å². The number of carboxylic acids is 1. The maximum atomic E-state index is 11.7. The molecule has 0 fully saturated rings. The second-order valence-corrected chi connectivity index (χ2v) is 6.65. The Labute approximate surface area is 137 Å². The molecule has 0 aliphatic rings. The van der Waals surface area contributed by atoms with Gasteiger partial charge in [0.15, 0.2) is 0 Å². The molecule has 0 saturated heterocycles. The number of urea groups is 1. The summed E-state index contributed by atoms with van der Waals surface area (Å²) in [6.45, 7) is 3.11. The molecule has 1 aromatic heterocycles. The predicted octanol–water partition coefficient (Wildman–Crippen LogP) is 3.59. The normalized spacial score (nSPS) is 11.9. The molecule has 21 heavy (non-hydrogen) atoms. The van der Waals surface area contributed by atoms with Crippen molar-refractivity contribution >= 4 is 39.3 Å². The molecular weight excluding hydrogens is 356 g/mol. The van der Waals surface area contributed by atoms with E-state index in [9.17, 15) is 9.59 Å². The Balaban J connectivity index is 2.17. The molecule has 0 saturated carbocycles. The molecule has 5 nitrogen and oxygen atoms in total. The van der Waals surface area contributed by atoms with Gasteiger partial charge in [-0.2, -0.15) is 0 Å². The number of hydrogen-bond acceptors (Lipinski definition) is 3. The number of halogens is 1. The number of hydrogen-bond donors (Lipinski definition) is 3. The third kappa shape index (κ3) is 7.47. The van der Waals surface area contributed by atoms with Crippen LogP contribution in [0.15, 0.2) is 15.9 Å². The molecule has 118 valence electrons. The van der Waals surface area contributed by atoms with E-state index >= 15 is 0 Å². The maximum Gasteiger partial charge on any atom is 0.315 e. The Bertz CT molecular complexity index is 465. The van der Waals surface area contributed by atoms with Gasteiger partial charge in [0, 0.05) is 22.3 Å². The molecule has 1 aromatic rings. The second-order valence-electron chi connectivity index (χ2n) is 4.80. The monoisotopic (exact) mass is 376 g/mol. The van der Waals surface area contributed by atoms with Gasteiger partial charge in [-0.05, 0) is 46.1 Å². The topological polar surface area (TPSA) is 78.4 Å². The van der Waals surface area contributed by atoms with Crippen molar-refractivity contribution in [1.82, 2.24) is 10.6 Å². The molecule has 7 heteroatoms. The summed E-state index contributed by atoms with van der Waals surface area (Å²) in [5.74, 6) is -0.423.